The molecule has 0 aromatic heterocycles. The van der Waals surface area contributed by atoms with E-state index in [1.807, 2.05) is 13.8 Å². The molecular weight excluding hydrogens is 278 g/mol. The van der Waals surface area contributed by atoms with Crippen LogP contribution in [0, 0.1) is 0 Å². The molecule has 0 aromatic carbocycles. The number of carbonyl (C=O) groups is 1. The van der Waals surface area contributed by atoms with Gasteiger partial charge >= 0.3 is 0 Å². The quantitative estimate of drug-likeness (QED) is 0.713. The molecule has 0 aliphatic carbocycles. The minimum absolute atomic E-state index is 0.0403. The van der Waals surface area contributed by atoms with Gasteiger partial charge in [-0.15, -0.1) is 0 Å². The number of sulfonamides is 1. The first-order chi connectivity index (χ1) is 9.40. The maximum atomic E-state index is 11.9. The highest BCUT2D eigenvalue weighted by Crippen LogP contribution is 2.15. The summed E-state index contributed by atoms with van der Waals surface area (Å²) in [5.41, 5.74) is 5.76. The Hall–Kier alpha value is -0.660. The summed E-state index contributed by atoms with van der Waals surface area (Å²) in [7, 11) is -3.11. The molecule has 1 saturated heterocycles. The van der Waals surface area contributed by atoms with Gasteiger partial charge in [-0.1, -0.05) is 20.3 Å². The number of nitrogens with two attached hydrogens (primary N) is 1. The molecule has 0 aromatic rings. The number of nitrogens with one attached hydrogen (secondary N) is 1. The normalized spacial score (nSPS) is 19.8. The van der Waals surface area contributed by atoms with Crippen LogP contribution >= 0.6 is 0 Å². The van der Waals surface area contributed by atoms with E-state index in [2.05, 4.69) is 5.32 Å². The van der Waals surface area contributed by atoms with Crippen LogP contribution in [0.3, 0.4) is 0 Å². The second-order valence-corrected chi connectivity index (χ2v) is 7.48. The summed E-state index contributed by atoms with van der Waals surface area (Å²) in [6.45, 7) is 4.82. The Morgan fingerprint density at radius 2 is 1.90 bits per heavy atom. The molecule has 0 bridgehead atoms. The molecule has 118 valence electrons. The molecule has 1 amide bonds. The summed E-state index contributed by atoms with van der Waals surface area (Å²) in [6.07, 6.45) is 3.50. The highest BCUT2D eigenvalue weighted by molar-refractivity contribution is 7.89. The predicted octanol–water partition coefficient (Wildman–Crippen LogP) is 0.434. The summed E-state index contributed by atoms with van der Waals surface area (Å²) in [5.74, 6) is 0.0764. The largest absolute Gasteiger partial charge is 0.352 e. The third kappa shape index (κ3) is 5.03. The van der Waals surface area contributed by atoms with E-state index in [9.17, 15) is 13.2 Å². The van der Waals surface area contributed by atoms with Crippen molar-refractivity contribution >= 4 is 15.9 Å². The van der Waals surface area contributed by atoms with E-state index in [4.69, 9.17) is 5.73 Å². The van der Waals surface area contributed by atoms with Gasteiger partial charge in [0.2, 0.25) is 15.9 Å². The van der Waals surface area contributed by atoms with E-state index in [1.165, 1.54) is 4.31 Å². The van der Waals surface area contributed by atoms with Gasteiger partial charge < -0.3 is 11.1 Å². The maximum Gasteiger partial charge on any atom is 0.237 e. The molecule has 1 aliphatic heterocycles. The van der Waals surface area contributed by atoms with Crippen molar-refractivity contribution in [2.24, 2.45) is 5.73 Å². The zero-order chi connectivity index (χ0) is 15.2. The number of piperidine rings is 1. The molecule has 1 rings (SSSR count). The molecule has 0 unspecified atom stereocenters. The molecule has 6 nitrogen and oxygen atoms in total. The summed E-state index contributed by atoms with van der Waals surface area (Å²) in [4.78, 5) is 11.8. The number of nitrogens with zero attached hydrogens (tertiary/aromatic N) is 1. The lowest BCUT2D eigenvalue weighted by Gasteiger charge is -2.32. The lowest BCUT2D eigenvalue weighted by atomic mass is 10.1. The van der Waals surface area contributed by atoms with Gasteiger partial charge in [0.1, 0.15) is 0 Å². The molecule has 1 heterocycles. The highest BCUT2D eigenvalue weighted by atomic mass is 32.2. The molecule has 20 heavy (non-hydrogen) atoms. The predicted molar refractivity (Wildman–Crippen MR) is 79.7 cm³/mol. The van der Waals surface area contributed by atoms with Gasteiger partial charge in [0.15, 0.2) is 0 Å². The summed E-state index contributed by atoms with van der Waals surface area (Å²) < 4.78 is 25.4. The molecule has 0 radical (unpaired) electrons. The van der Waals surface area contributed by atoms with Crippen molar-refractivity contribution in [1.29, 1.82) is 0 Å². The van der Waals surface area contributed by atoms with Gasteiger partial charge in [0.25, 0.3) is 0 Å². The Kier molecular flexibility index (Phi) is 6.91. The van der Waals surface area contributed by atoms with Gasteiger partial charge in [-0.3, -0.25) is 4.79 Å². The molecule has 1 fully saturated rings. The number of rotatable bonds is 7. The summed E-state index contributed by atoms with van der Waals surface area (Å²) >= 11 is 0. The van der Waals surface area contributed by atoms with Crippen LogP contribution < -0.4 is 11.1 Å². The molecule has 0 spiro atoms. The Morgan fingerprint density at radius 3 is 2.40 bits per heavy atom. The molecular formula is C13H27N3O3S. The number of carbonyl (C=O) groups excluding carboxylic acids is 1. The summed E-state index contributed by atoms with van der Waals surface area (Å²) in [6, 6.07) is -0.416. The van der Waals surface area contributed by atoms with Crippen molar-refractivity contribution in [3.63, 3.8) is 0 Å². The number of hydrogen-bond acceptors (Lipinski definition) is 4. The topological polar surface area (TPSA) is 92.5 Å². The second kappa shape index (κ2) is 7.95. The van der Waals surface area contributed by atoms with Crippen molar-refractivity contribution < 1.29 is 13.2 Å². The Labute approximate surface area is 122 Å². The van der Waals surface area contributed by atoms with E-state index < -0.39 is 16.1 Å². The minimum Gasteiger partial charge on any atom is -0.352 e. The molecule has 0 saturated carbocycles. The average Bonchev–Trinajstić information content (AvgIpc) is 2.39. The van der Waals surface area contributed by atoms with Crippen LogP contribution in [-0.2, 0) is 14.8 Å². The molecule has 1 atom stereocenters. The Morgan fingerprint density at radius 1 is 1.30 bits per heavy atom. The minimum atomic E-state index is -3.11. The molecule has 7 heteroatoms. The lowest BCUT2D eigenvalue weighted by molar-refractivity contribution is -0.123. The first-order valence-electron chi connectivity index (χ1n) is 7.44. The third-order valence-electron chi connectivity index (χ3n) is 3.59. The van der Waals surface area contributed by atoms with Crippen LogP contribution in [0.15, 0.2) is 0 Å². The second-order valence-electron chi connectivity index (χ2n) is 5.39. The van der Waals surface area contributed by atoms with Crippen molar-refractivity contribution in [3.8, 4) is 0 Å². The third-order valence-corrected chi connectivity index (χ3v) is 5.67. The highest BCUT2D eigenvalue weighted by Gasteiger charge is 2.28. The van der Waals surface area contributed by atoms with Crippen LogP contribution in [-0.4, -0.2) is 49.6 Å². The Balaban J connectivity index is 2.41. The van der Waals surface area contributed by atoms with Crippen molar-refractivity contribution in [1.82, 2.24) is 9.62 Å². The van der Waals surface area contributed by atoms with Crippen molar-refractivity contribution in [3.05, 3.63) is 0 Å². The maximum absolute atomic E-state index is 11.9. The van der Waals surface area contributed by atoms with Crippen LogP contribution in [0.1, 0.15) is 46.0 Å². The first kappa shape index (κ1) is 17.4. The monoisotopic (exact) mass is 305 g/mol. The van der Waals surface area contributed by atoms with E-state index in [0.29, 0.717) is 38.8 Å². The summed E-state index contributed by atoms with van der Waals surface area (Å²) in [5, 5.41) is 2.92. The van der Waals surface area contributed by atoms with E-state index in [0.717, 1.165) is 6.42 Å². The standard InChI is InChI=1S/C13H27N3O3S/c1-3-5-12(14)13(17)15-11-6-8-16(9-7-11)20(18,19)10-4-2/h11-12H,3-10,14H2,1-2H3,(H,15,17)/t12-/m0/s1. The van der Waals surface area contributed by atoms with Crippen LogP contribution in [0.5, 0.6) is 0 Å². The van der Waals surface area contributed by atoms with Crippen molar-refractivity contribution in [2.75, 3.05) is 18.8 Å². The number of amides is 1. The smallest absolute Gasteiger partial charge is 0.237 e. The van der Waals surface area contributed by atoms with Gasteiger partial charge in [0, 0.05) is 19.1 Å². The van der Waals surface area contributed by atoms with E-state index in [1.54, 1.807) is 0 Å². The fourth-order valence-electron chi connectivity index (χ4n) is 2.42. The Bertz CT molecular complexity index is 403. The van der Waals surface area contributed by atoms with Crippen molar-refractivity contribution in [2.45, 2.75) is 58.0 Å². The van der Waals surface area contributed by atoms with Crippen LogP contribution in [0.2, 0.25) is 0 Å². The van der Waals surface area contributed by atoms with E-state index in [-0.39, 0.29) is 17.7 Å². The van der Waals surface area contributed by atoms with Gasteiger partial charge in [-0.05, 0) is 25.7 Å². The van der Waals surface area contributed by atoms with E-state index >= 15 is 0 Å². The fraction of sp³-hybridized carbons (Fsp3) is 0.923. The first-order valence-corrected chi connectivity index (χ1v) is 9.05. The van der Waals surface area contributed by atoms with Gasteiger partial charge in [0.05, 0.1) is 11.8 Å². The van der Waals surface area contributed by atoms with Crippen LogP contribution in [0.25, 0.3) is 0 Å². The van der Waals surface area contributed by atoms with Crippen LogP contribution in [0.4, 0.5) is 0 Å². The van der Waals surface area contributed by atoms with Gasteiger partial charge in [-0.25, -0.2) is 12.7 Å². The zero-order valence-corrected chi connectivity index (χ0v) is 13.3. The van der Waals surface area contributed by atoms with Gasteiger partial charge in [-0.2, -0.15) is 0 Å². The molecule has 3 N–H and O–H groups in total. The average molecular weight is 305 g/mol. The fourth-order valence-corrected chi connectivity index (χ4v) is 3.96. The zero-order valence-electron chi connectivity index (χ0n) is 12.5. The molecule has 1 aliphatic rings. The SMILES string of the molecule is CCC[C@H](N)C(=O)NC1CCN(S(=O)(=O)CCC)CC1. The number of hydrogen-bond donors (Lipinski definition) is 2. The lowest BCUT2D eigenvalue weighted by Crippen LogP contribution is -2.50.